The number of carbonyl (C=O) groups is 1. The first kappa shape index (κ1) is 12.4. The number of hydrogen-bond donors (Lipinski definition) is 2. The number of aromatic nitrogens is 3. The number of thiophene rings is 1. The number of carbonyl (C=O) groups excluding carboxylic acids is 1. The summed E-state index contributed by atoms with van der Waals surface area (Å²) in [5.74, 6) is 0.945. The lowest BCUT2D eigenvalue weighted by atomic mass is 10.2. The Hall–Kier alpha value is -2.32. The van der Waals surface area contributed by atoms with Crippen molar-refractivity contribution in [3.05, 3.63) is 29.6 Å². The Morgan fingerprint density at radius 3 is 3.24 bits per heavy atom. The summed E-state index contributed by atoms with van der Waals surface area (Å²) in [4.78, 5) is 19.9. The van der Waals surface area contributed by atoms with Crippen molar-refractivity contribution < 1.29 is 9.32 Å². The van der Waals surface area contributed by atoms with Crippen LogP contribution in [-0.4, -0.2) is 34.1 Å². The van der Waals surface area contributed by atoms with Crippen LogP contribution in [0.3, 0.4) is 0 Å². The minimum Gasteiger partial charge on any atom is -0.353 e. The van der Waals surface area contributed by atoms with E-state index >= 15 is 0 Å². The van der Waals surface area contributed by atoms with Gasteiger partial charge in [-0.05, 0) is 17.5 Å². The van der Waals surface area contributed by atoms with E-state index in [4.69, 9.17) is 4.52 Å². The average molecular weight is 301 g/mol. The largest absolute Gasteiger partial charge is 0.353 e. The number of rotatable bonds is 2. The van der Waals surface area contributed by atoms with Crippen LogP contribution >= 0.6 is 11.3 Å². The smallest absolute Gasteiger partial charge is 0.245 e. The predicted octanol–water partition coefficient (Wildman–Crippen LogP) is 1.11. The molecule has 3 aromatic rings. The third-order valence-corrected chi connectivity index (χ3v) is 4.17. The lowest BCUT2D eigenvalue weighted by Crippen LogP contribution is -2.47. The topological polar surface area (TPSA) is 92.9 Å². The van der Waals surface area contributed by atoms with Crippen LogP contribution in [0.5, 0.6) is 0 Å². The Kier molecular flexibility index (Phi) is 2.90. The van der Waals surface area contributed by atoms with Gasteiger partial charge in [0, 0.05) is 18.3 Å². The van der Waals surface area contributed by atoms with E-state index in [2.05, 4.69) is 25.8 Å². The van der Waals surface area contributed by atoms with E-state index < -0.39 is 0 Å². The molecule has 1 aliphatic heterocycles. The summed E-state index contributed by atoms with van der Waals surface area (Å²) < 4.78 is 6.37. The monoisotopic (exact) mass is 301 g/mol. The van der Waals surface area contributed by atoms with Crippen molar-refractivity contribution in [1.82, 2.24) is 25.8 Å². The van der Waals surface area contributed by atoms with Crippen LogP contribution in [0.4, 0.5) is 0 Å². The summed E-state index contributed by atoms with van der Waals surface area (Å²) in [5.41, 5.74) is 1.78. The number of piperazine rings is 1. The predicted molar refractivity (Wildman–Crippen MR) is 76.7 cm³/mol. The molecular weight excluding hydrogens is 290 g/mol. The lowest BCUT2D eigenvalue weighted by Gasteiger charge is -2.20. The molecule has 0 spiro atoms. The van der Waals surface area contributed by atoms with Gasteiger partial charge in [-0.3, -0.25) is 15.1 Å². The fourth-order valence-electron chi connectivity index (χ4n) is 2.20. The molecule has 4 rings (SSSR count). The summed E-state index contributed by atoms with van der Waals surface area (Å²) in [6, 6.07) is 3.82. The first-order chi connectivity index (χ1) is 10.3. The summed E-state index contributed by atoms with van der Waals surface area (Å²) in [6.45, 7) is 0.702. The van der Waals surface area contributed by atoms with E-state index in [0.29, 0.717) is 18.3 Å². The van der Waals surface area contributed by atoms with Crippen molar-refractivity contribution in [3.8, 4) is 11.4 Å². The van der Waals surface area contributed by atoms with Crippen molar-refractivity contribution >= 4 is 27.5 Å². The minimum atomic E-state index is -0.151. The number of amides is 1. The zero-order chi connectivity index (χ0) is 14.2. The molecule has 3 aromatic heterocycles. The van der Waals surface area contributed by atoms with E-state index in [-0.39, 0.29) is 18.5 Å². The van der Waals surface area contributed by atoms with Crippen molar-refractivity contribution in [2.45, 2.75) is 6.04 Å². The summed E-state index contributed by atoms with van der Waals surface area (Å²) in [5, 5.41) is 11.8. The molecule has 1 aliphatic rings. The Labute approximate surface area is 123 Å². The van der Waals surface area contributed by atoms with Crippen molar-refractivity contribution in [2.75, 3.05) is 13.1 Å². The molecule has 2 N–H and O–H groups in total. The van der Waals surface area contributed by atoms with E-state index in [1.807, 2.05) is 17.5 Å². The highest BCUT2D eigenvalue weighted by Gasteiger charge is 2.24. The van der Waals surface area contributed by atoms with Crippen LogP contribution in [0.25, 0.3) is 21.6 Å². The minimum absolute atomic E-state index is 0.0293. The van der Waals surface area contributed by atoms with Crippen LogP contribution < -0.4 is 10.6 Å². The van der Waals surface area contributed by atoms with Gasteiger partial charge in [0.05, 0.1) is 16.8 Å². The second kappa shape index (κ2) is 4.90. The average Bonchev–Trinajstić information content (AvgIpc) is 3.16. The highest BCUT2D eigenvalue weighted by Crippen LogP contribution is 2.25. The van der Waals surface area contributed by atoms with E-state index in [9.17, 15) is 4.79 Å². The molecule has 1 fully saturated rings. The van der Waals surface area contributed by atoms with Crippen LogP contribution in [0.2, 0.25) is 0 Å². The molecule has 1 unspecified atom stereocenters. The maximum atomic E-state index is 11.1. The normalized spacial score (nSPS) is 18.9. The van der Waals surface area contributed by atoms with Gasteiger partial charge in [-0.2, -0.15) is 4.98 Å². The van der Waals surface area contributed by atoms with E-state index in [1.165, 1.54) is 0 Å². The zero-order valence-electron chi connectivity index (χ0n) is 10.9. The van der Waals surface area contributed by atoms with E-state index in [0.717, 1.165) is 15.8 Å². The molecule has 1 atom stereocenters. The molecule has 0 aliphatic carbocycles. The van der Waals surface area contributed by atoms with Gasteiger partial charge in [-0.25, -0.2) is 0 Å². The number of pyridine rings is 1. The Balaban J connectivity index is 1.62. The second-order valence-electron chi connectivity index (χ2n) is 4.72. The van der Waals surface area contributed by atoms with Gasteiger partial charge < -0.3 is 9.84 Å². The molecule has 7 nitrogen and oxygen atoms in total. The molecule has 0 radical (unpaired) electrons. The Morgan fingerprint density at radius 2 is 2.38 bits per heavy atom. The molecule has 106 valence electrons. The molecule has 0 bridgehead atoms. The van der Waals surface area contributed by atoms with Crippen molar-refractivity contribution in [1.29, 1.82) is 0 Å². The van der Waals surface area contributed by atoms with Crippen molar-refractivity contribution in [3.63, 3.8) is 0 Å². The van der Waals surface area contributed by atoms with Crippen molar-refractivity contribution in [2.24, 2.45) is 0 Å². The molecule has 0 aromatic carbocycles. The summed E-state index contributed by atoms with van der Waals surface area (Å²) in [7, 11) is 0. The van der Waals surface area contributed by atoms with Gasteiger partial charge in [0.25, 0.3) is 0 Å². The summed E-state index contributed by atoms with van der Waals surface area (Å²) in [6.07, 6.45) is 1.74. The molecular formula is C13H11N5O2S. The maximum absolute atomic E-state index is 11.1. The molecule has 1 saturated heterocycles. The second-order valence-corrected chi connectivity index (χ2v) is 5.67. The van der Waals surface area contributed by atoms with Gasteiger partial charge in [0.15, 0.2) is 0 Å². The van der Waals surface area contributed by atoms with Gasteiger partial charge in [-0.15, -0.1) is 11.3 Å². The fourth-order valence-corrected chi connectivity index (χ4v) is 2.98. The zero-order valence-corrected chi connectivity index (χ0v) is 11.7. The molecule has 1 amide bonds. The number of hydrogen-bond acceptors (Lipinski definition) is 7. The third-order valence-electron chi connectivity index (χ3n) is 3.31. The van der Waals surface area contributed by atoms with Crippen LogP contribution in [-0.2, 0) is 4.79 Å². The van der Waals surface area contributed by atoms with Crippen LogP contribution in [0.15, 0.2) is 28.2 Å². The third kappa shape index (κ3) is 2.28. The first-order valence-corrected chi connectivity index (χ1v) is 7.35. The quantitative estimate of drug-likeness (QED) is 0.736. The number of fused-ring (bicyclic) bond motifs is 1. The van der Waals surface area contributed by atoms with Crippen LogP contribution in [0.1, 0.15) is 11.9 Å². The molecule has 8 heteroatoms. The first-order valence-electron chi connectivity index (χ1n) is 6.47. The fraction of sp³-hybridized carbons (Fsp3) is 0.231. The Morgan fingerprint density at radius 1 is 1.43 bits per heavy atom. The summed E-state index contributed by atoms with van der Waals surface area (Å²) >= 11 is 1.62. The van der Waals surface area contributed by atoms with E-state index in [1.54, 1.807) is 17.5 Å². The Bertz CT molecular complexity index is 802. The molecule has 4 heterocycles. The molecule has 21 heavy (non-hydrogen) atoms. The van der Waals surface area contributed by atoms with Gasteiger partial charge in [-0.1, -0.05) is 5.16 Å². The van der Waals surface area contributed by atoms with Gasteiger partial charge in [0.2, 0.25) is 17.6 Å². The highest BCUT2D eigenvalue weighted by atomic mass is 32.1. The van der Waals surface area contributed by atoms with Gasteiger partial charge >= 0.3 is 0 Å². The lowest BCUT2D eigenvalue weighted by molar-refractivity contribution is -0.121. The standard InChI is InChI=1S/C13H11N5O2S/c19-11-6-15-9(5-16-11)13-17-12(18-20-13)7-3-10-8(14-4-7)1-2-21-10/h1-4,9,15H,5-6H2,(H,16,19). The number of nitrogens with one attached hydrogen (secondary N) is 2. The highest BCUT2D eigenvalue weighted by molar-refractivity contribution is 7.17. The molecule has 0 saturated carbocycles. The SMILES string of the molecule is O=C1CNC(c2nc(-c3cnc4ccsc4c3)no2)CN1. The number of nitrogens with zero attached hydrogens (tertiary/aromatic N) is 3. The van der Waals surface area contributed by atoms with Crippen LogP contribution in [0, 0.1) is 0 Å². The van der Waals surface area contributed by atoms with Gasteiger partial charge in [0.1, 0.15) is 6.04 Å². The maximum Gasteiger partial charge on any atom is 0.245 e.